The summed E-state index contributed by atoms with van der Waals surface area (Å²) in [6, 6.07) is 0. The van der Waals surface area contributed by atoms with Crippen molar-refractivity contribution >= 4 is 38.9 Å². The second-order valence-corrected chi connectivity index (χ2v) is 5.78. The molecule has 12 heavy (non-hydrogen) atoms. The molecule has 0 aliphatic carbocycles. The topological polar surface area (TPSA) is 29.5 Å². The van der Waals surface area contributed by atoms with E-state index in [1.54, 1.807) is 0 Å². The molecule has 1 saturated heterocycles. The summed E-state index contributed by atoms with van der Waals surface area (Å²) in [5.41, 5.74) is 0.0276. The molecular weight excluding hydrogens is 212 g/mol. The van der Waals surface area contributed by atoms with Gasteiger partial charge in [0.2, 0.25) is 0 Å². The standard InChI is InChI=1S/C7H12O2S3/c1-7(4-11-12-5-7)6(10)9-3-2-8/h8H,2-5H2,1H3. The summed E-state index contributed by atoms with van der Waals surface area (Å²) < 4.78 is 5.23. The molecule has 0 radical (unpaired) electrons. The van der Waals surface area contributed by atoms with Crippen molar-refractivity contribution in [3.05, 3.63) is 0 Å². The lowest BCUT2D eigenvalue weighted by atomic mass is 9.97. The summed E-state index contributed by atoms with van der Waals surface area (Å²) in [7, 11) is 3.66. The third-order valence-electron chi connectivity index (χ3n) is 1.66. The van der Waals surface area contributed by atoms with Crippen molar-refractivity contribution in [3.63, 3.8) is 0 Å². The van der Waals surface area contributed by atoms with Crippen molar-refractivity contribution in [2.24, 2.45) is 5.41 Å². The van der Waals surface area contributed by atoms with Gasteiger partial charge in [0.25, 0.3) is 0 Å². The molecule has 1 N–H and O–H groups in total. The van der Waals surface area contributed by atoms with Crippen LogP contribution in [0.5, 0.6) is 0 Å². The Labute approximate surface area is 85.8 Å². The lowest BCUT2D eigenvalue weighted by molar-refractivity contribution is 0.184. The average Bonchev–Trinajstić information content (AvgIpc) is 2.49. The average molecular weight is 224 g/mol. The number of aliphatic hydroxyl groups excluding tert-OH is 1. The number of aliphatic hydroxyl groups is 1. The Morgan fingerprint density at radius 3 is 2.67 bits per heavy atom. The van der Waals surface area contributed by atoms with E-state index in [-0.39, 0.29) is 12.0 Å². The highest BCUT2D eigenvalue weighted by atomic mass is 33.1. The van der Waals surface area contributed by atoms with Gasteiger partial charge in [-0.1, -0.05) is 21.6 Å². The number of hydrogen-bond acceptors (Lipinski definition) is 5. The predicted molar refractivity (Wildman–Crippen MR) is 58.7 cm³/mol. The fourth-order valence-electron chi connectivity index (χ4n) is 0.816. The number of hydrogen-bond donors (Lipinski definition) is 1. The maximum atomic E-state index is 8.55. The Kier molecular flexibility index (Phi) is 4.16. The van der Waals surface area contributed by atoms with Gasteiger partial charge in [0.1, 0.15) is 6.61 Å². The van der Waals surface area contributed by atoms with Crippen molar-refractivity contribution in [3.8, 4) is 0 Å². The van der Waals surface area contributed by atoms with E-state index in [1.165, 1.54) is 0 Å². The third kappa shape index (κ3) is 2.52. The van der Waals surface area contributed by atoms with Crippen LogP contribution in [0.15, 0.2) is 0 Å². The summed E-state index contributed by atoms with van der Waals surface area (Å²) in [5, 5.41) is 9.19. The van der Waals surface area contributed by atoms with Gasteiger partial charge in [-0.05, 0) is 19.1 Å². The maximum Gasteiger partial charge on any atom is 0.167 e. The summed E-state index contributed by atoms with van der Waals surface area (Å²) in [5.74, 6) is 2.03. The summed E-state index contributed by atoms with van der Waals surface area (Å²) in [6.45, 7) is 2.47. The smallest absolute Gasteiger partial charge is 0.167 e. The number of ether oxygens (including phenoxy) is 1. The molecule has 0 bridgehead atoms. The van der Waals surface area contributed by atoms with Gasteiger partial charge in [0, 0.05) is 11.5 Å². The summed E-state index contributed by atoms with van der Waals surface area (Å²) in [4.78, 5) is 0. The lowest BCUT2D eigenvalue weighted by Gasteiger charge is -2.22. The fourth-order valence-corrected chi connectivity index (χ4v) is 4.57. The molecule has 1 fully saturated rings. The van der Waals surface area contributed by atoms with E-state index in [2.05, 4.69) is 6.92 Å². The minimum absolute atomic E-state index is 0.0276. The van der Waals surface area contributed by atoms with Crippen LogP contribution in [0.1, 0.15) is 6.92 Å². The van der Waals surface area contributed by atoms with Gasteiger partial charge in [-0.3, -0.25) is 0 Å². The third-order valence-corrected chi connectivity index (χ3v) is 5.15. The Morgan fingerprint density at radius 1 is 1.58 bits per heavy atom. The first-order chi connectivity index (χ1) is 5.69. The van der Waals surface area contributed by atoms with Gasteiger partial charge in [-0.15, -0.1) is 0 Å². The minimum Gasteiger partial charge on any atom is -0.484 e. The van der Waals surface area contributed by atoms with Crippen LogP contribution < -0.4 is 0 Å². The van der Waals surface area contributed by atoms with Crippen LogP contribution in [0.4, 0.5) is 0 Å². The van der Waals surface area contributed by atoms with Crippen molar-refractivity contribution in [2.45, 2.75) is 6.92 Å². The molecule has 0 saturated carbocycles. The molecule has 2 nitrogen and oxygen atoms in total. The Hall–Kier alpha value is 0.550. The van der Waals surface area contributed by atoms with Gasteiger partial charge in [-0.2, -0.15) is 0 Å². The second kappa shape index (κ2) is 4.69. The van der Waals surface area contributed by atoms with Crippen LogP contribution in [0.3, 0.4) is 0 Å². The van der Waals surface area contributed by atoms with Crippen LogP contribution in [-0.4, -0.2) is 34.9 Å². The van der Waals surface area contributed by atoms with Gasteiger partial charge in [0.15, 0.2) is 5.05 Å². The van der Waals surface area contributed by atoms with E-state index in [1.807, 2.05) is 21.6 Å². The molecule has 1 rings (SSSR count). The van der Waals surface area contributed by atoms with Crippen molar-refractivity contribution in [2.75, 3.05) is 24.7 Å². The molecule has 1 aliphatic rings. The zero-order chi connectivity index (χ0) is 9.03. The molecular formula is C7H12O2S3. The largest absolute Gasteiger partial charge is 0.484 e. The van der Waals surface area contributed by atoms with Gasteiger partial charge in [-0.25, -0.2) is 0 Å². The molecule has 0 amide bonds. The van der Waals surface area contributed by atoms with E-state index in [0.29, 0.717) is 11.7 Å². The predicted octanol–water partition coefficient (Wildman–Crippen LogP) is 1.72. The monoisotopic (exact) mass is 224 g/mol. The Balaban J connectivity index is 2.39. The van der Waals surface area contributed by atoms with Crippen molar-refractivity contribution < 1.29 is 9.84 Å². The van der Waals surface area contributed by atoms with Crippen LogP contribution in [-0.2, 0) is 4.74 Å². The second-order valence-electron chi connectivity index (χ2n) is 2.94. The molecule has 5 heteroatoms. The zero-order valence-electron chi connectivity index (χ0n) is 6.91. The molecule has 0 atom stereocenters. The van der Waals surface area contributed by atoms with Crippen LogP contribution >= 0.6 is 33.8 Å². The molecule has 0 aromatic rings. The van der Waals surface area contributed by atoms with Gasteiger partial charge >= 0.3 is 0 Å². The number of rotatable bonds is 3. The molecule has 0 unspecified atom stereocenters. The maximum absolute atomic E-state index is 8.55. The van der Waals surface area contributed by atoms with E-state index >= 15 is 0 Å². The first-order valence-electron chi connectivity index (χ1n) is 3.71. The molecule has 70 valence electrons. The van der Waals surface area contributed by atoms with Crippen molar-refractivity contribution in [1.29, 1.82) is 0 Å². The highest BCUT2D eigenvalue weighted by Gasteiger charge is 2.35. The summed E-state index contributed by atoms with van der Waals surface area (Å²) >= 11 is 5.13. The van der Waals surface area contributed by atoms with E-state index in [9.17, 15) is 0 Å². The quantitative estimate of drug-likeness (QED) is 0.582. The van der Waals surface area contributed by atoms with Gasteiger partial charge in [0.05, 0.1) is 12.0 Å². The van der Waals surface area contributed by atoms with Crippen LogP contribution in [0.25, 0.3) is 0 Å². The lowest BCUT2D eigenvalue weighted by Crippen LogP contribution is -2.31. The SMILES string of the molecule is CC1(C(=S)OCCO)CSSC1. The highest BCUT2D eigenvalue weighted by Crippen LogP contribution is 2.43. The minimum atomic E-state index is 0.0276. The molecule has 0 spiro atoms. The van der Waals surface area contributed by atoms with Crippen LogP contribution in [0.2, 0.25) is 0 Å². The van der Waals surface area contributed by atoms with Crippen LogP contribution in [0, 0.1) is 5.41 Å². The first kappa shape index (κ1) is 10.6. The Morgan fingerprint density at radius 2 is 2.17 bits per heavy atom. The van der Waals surface area contributed by atoms with E-state index in [0.717, 1.165) is 11.5 Å². The van der Waals surface area contributed by atoms with Crippen molar-refractivity contribution in [1.82, 2.24) is 0 Å². The zero-order valence-corrected chi connectivity index (χ0v) is 9.36. The fraction of sp³-hybridized carbons (Fsp3) is 0.857. The molecule has 0 aromatic heterocycles. The number of thiocarbonyl (C=S) groups is 1. The van der Waals surface area contributed by atoms with E-state index in [4.69, 9.17) is 22.1 Å². The highest BCUT2D eigenvalue weighted by molar-refractivity contribution is 8.77. The van der Waals surface area contributed by atoms with E-state index < -0.39 is 0 Å². The Bertz CT molecular complexity index is 166. The normalized spacial score (nSPS) is 20.8. The van der Waals surface area contributed by atoms with Gasteiger partial charge < -0.3 is 9.84 Å². The molecule has 0 aromatic carbocycles. The first-order valence-corrected chi connectivity index (χ1v) is 6.61. The molecule has 1 aliphatic heterocycles. The summed E-state index contributed by atoms with van der Waals surface area (Å²) in [6.07, 6.45) is 0. The molecule has 1 heterocycles.